The van der Waals surface area contributed by atoms with Crippen molar-refractivity contribution < 1.29 is 9.53 Å². The molecule has 1 aromatic carbocycles. The second-order valence-corrected chi connectivity index (χ2v) is 3.84. The Kier molecular flexibility index (Phi) is 3.33. The van der Waals surface area contributed by atoms with E-state index in [4.69, 9.17) is 11.6 Å². The Hall–Kier alpha value is -0.540. The maximum Gasteiger partial charge on any atom is 0.338 e. The summed E-state index contributed by atoms with van der Waals surface area (Å²) in [6.07, 6.45) is 0. The van der Waals surface area contributed by atoms with Gasteiger partial charge in [-0.15, -0.1) is 0 Å². The maximum atomic E-state index is 11.2. The summed E-state index contributed by atoms with van der Waals surface area (Å²) >= 11 is 9.09. The SMILES string of the molecule is COC(=O)c1cc(Cl)cc(Br)c1C. The summed E-state index contributed by atoms with van der Waals surface area (Å²) in [7, 11) is 1.34. The molecular formula is C9H8BrClO2. The first-order valence-corrected chi connectivity index (χ1v) is 4.77. The third-order valence-electron chi connectivity index (χ3n) is 1.71. The molecule has 2 nitrogen and oxygen atoms in total. The summed E-state index contributed by atoms with van der Waals surface area (Å²) in [5.74, 6) is -0.374. The van der Waals surface area contributed by atoms with Crippen LogP contribution in [0.3, 0.4) is 0 Å². The standard InChI is InChI=1S/C9H8BrClO2/c1-5-7(9(12)13-2)3-6(11)4-8(5)10/h3-4H,1-2H3. The Balaban J connectivity index is 3.28. The Labute approximate surface area is 90.0 Å². The molecule has 0 fully saturated rings. The predicted molar refractivity (Wildman–Crippen MR) is 55.2 cm³/mol. The zero-order chi connectivity index (χ0) is 10.0. The minimum absolute atomic E-state index is 0.374. The van der Waals surface area contributed by atoms with E-state index in [9.17, 15) is 4.79 Å². The first-order valence-electron chi connectivity index (χ1n) is 3.60. The average Bonchev–Trinajstić information content (AvgIpc) is 2.10. The van der Waals surface area contributed by atoms with Gasteiger partial charge < -0.3 is 4.74 Å². The normalized spacial score (nSPS) is 9.85. The molecule has 0 unspecified atom stereocenters. The van der Waals surface area contributed by atoms with Crippen molar-refractivity contribution in [2.75, 3.05) is 7.11 Å². The van der Waals surface area contributed by atoms with E-state index in [0.29, 0.717) is 10.6 Å². The van der Waals surface area contributed by atoms with Gasteiger partial charge in [0.05, 0.1) is 12.7 Å². The molecule has 0 radical (unpaired) electrons. The number of methoxy groups -OCH3 is 1. The topological polar surface area (TPSA) is 26.3 Å². The number of halogens is 2. The third kappa shape index (κ3) is 2.23. The quantitative estimate of drug-likeness (QED) is 0.727. The van der Waals surface area contributed by atoms with Crippen molar-refractivity contribution >= 4 is 33.5 Å². The van der Waals surface area contributed by atoms with Gasteiger partial charge in [0.25, 0.3) is 0 Å². The van der Waals surface area contributed by atoms with Gasteiger partial charge in [-0.2, -0.15) is 0 Å². The number of carbonyl (C=O) groups excluding carboxylic acids is 1. The van der Waals surface area contributed by atoms with E-state index in [1.165, 1.54) is 7.11 Å². The number of hydrogen-bond donors (Lipinski definition) is 0. The Morgan fingerprint density at radius 1 is 1.54 bits per heavy atom. The summed E-state index contributed by atoms with van der Waals surface area (Å²) in [4.78, 5) is 11.2. The van der Waals surface area contributed by atoms with Crippen LogP contribution in [-0.2, 0) is 4.74 Å². The minimum Gasteiger partial charge on any atom is -0.465 e. The lowest BCUT2D eigenvalue weighted by Gasteiger charge is -2.06. The average molecular weight is 264 g/mol. The molecule has 1 aromatic rings. The second kappa shape index (κ2) is 4.11. The lowest BCUT2D eigenvalue weighted by atomic mass is 10.1. The molecule has 0 N–H and O–H groups in total. The van der Waals surface area contributed by atoms with Gasteiger partial charge in [0, 0.05) is 9.50 Å². The summed E-state index contributed by atoms with van der Waals surface area (Å²) in [6.45, 7) is 1.83. The molecule has 4 heteroatoms. The molecule has 0 bridgehead atoms. The largest absolute Gasteiger partial charge is 0.465 e. The highest BCUT2D eigenvalue weighted by Gasteiger charge is 2.12. The zero-order valence-corrected chi connectivity index (χ0v) is 9.57. The molecule has 0 heterocycles. The number of ether oxygens (including phenoxy) is 1. The fourth-order valence-electron chi connectivity index (χ4n) is 0.968. The van der Waals surface area contributed by atoms with E-state index in [2.05, 4.69) is 20.7 Å². The molecule has 0 aliphatic rings. The highest BCUT2D eigenvalue weighted by atomic mass is 79.9. The van der Waals surface area contributed by atoms with Crippen molar-refractivity contribution in [3.05, 3.63) is 32.8 Å². The van der Waals surface area contributed by atoms with Crippen molar-refractivity contribution in [1.82, 2.24) is 0 Å². The summed E-state index contributed by atoms with van der Waals surface area (Å²) in [6, 6.07) is 3.33. The highest BCUT2D eigenvalue weighted by molar-refractivity contribution is 9.10. The number of benzene rings is 1. The van der Waals surface area contributed by atoms with Gasteiger partial charge in [0.15, 0.2) is 0 Å². The number of hydrogen-bond acceptors (Lipinski definition) is 2. The van der Waals surface area contributed by atoms with Gasteiger partial charge in [0.1, 0.15) is 0 Å². The van der Waals surface area contributed by atoms with Gasteiger partial charge >= 0.3 is 5.97 Å². The summed E-state index contributed by atoms with van der Waals surface area (Å²) in [5.41, 5.74) is 1.32. The molecule has 0 spiro atoms. The first-order chi connectivity index (χ1) is 6.06. The summed E-state index contributed by atoms with van der Waals surface area (Å²) in [5, 5.41) is 0.512. The molecule has 0 atom stereocenters. The molecule has 0 saturated heterocycles. The number of rotatable bonds is 1. The number of esters is 1. The number of carbonyl (C=O) groups is 1. The van der Waals surface area contributed by atoms with E-state index in [1.54, 1.807) is 12.1 Å². The van der Waals surface area contributed by atoms with Crippen molar-refractivity contribution in [2.24, 2.45) is 0 Å². The van der Waals surface area contributed by atoms with Gasteiger partial charge in [-0.25, -0.2) is 4.79 Å². The fourth-order valence-corrected chi connectivity index (χ4v) is 1.78. The van der Waals surface area contributed by atoms with Crippen molar-refractivity contribution in [3.63, 3.8) is 0 Å². The molecule has 0 aromatic heterocycles. The van der Waals surface area contributed by atoms with Crippen LogP contribution in [0.15, 0.2) is 16.6 Å². The van der Waals surface area contributed by atoms with Gasteiger partial charge in [-0.3, -0.25) is 0 Å². The van der Waals surface area contributed by atoms with Crippen molar-refractivity contribution in [1.29, 1.82) is 0 Å². The van der Waals surface area contributed by atoms with Crippen LogP contribution in [0.1, 0.15) is 15.9 Å². The Morgan fingerprint density at radius 3 is 2.69 bits per heavy atom. The lowest BCUT2D eigenvalue weighted by Crippen LogP contribution is -2.04. The van der Waals surface area contributed by atoms with Crippen LogP contribution in [0, 0.1) is 6.92 Å². The van der Waals surface area contributed by atoms with E-state index in [-0.39, 0.29) is 5.97 Å². The van der Waals surface area contributed by atoms with Gasteiger partial charge in [-0.1, -0.05) is 27.5 Å². The summed E-state index contributed by atoms with van der Waals surface area (Å²) < 4.78 is 5.41. The molecular weight excluding hydrogens is 255 g/mol. The van der Waals surface area contributed by atoms with E-state index in [0.717, 1.165) is 10.0 Å². The highest BCUT2D eigenvalue weighted by Crippen LogP contribution is 2.25. The third-order valence-corrected chi connectivity index (χ3v) is 2.76. The molecule has 0 saturated carbocycles. The molecule has 0 aliphatic carbocycles. The van der Waals surface area contributed by atoms with Gasteiger partial charge in [-0.05, 0) is 24.6 Å². The Morgan fingerprint density at radius 2 is 2.15 bits per heavy atom. The molecule has 0 amide bonds. The van der Waals surface area contributed by atoms with Crippen LogP contribution in [0.25, 0.3) is 0 Å². The van der Waals surface area contributed by atoms with Crippen LogP contribution in [0.5, 0.6) is 0 Å². The van der Waals surface area contributed by atoms with Crippen molar-refractivity contribution in [2.45, 2.75) is 6.92 Å². The van der Waals surface area contributed by atoms with Crippen molar-refractivity contribution in [3.8, 4) is 0 Å². The fraction of sp³-hybridized carbons (Fsp3) is 0.222. The molecule has 70 valence electrons. The zero-order valence-electron chi connectivity index (χ0n) is 7.23. The van der Waals surface area contributed by atoms with Crippen LogP contribution >= 0.6 is 27.5 Å². The van der Waals surface area contributed by atoms with Crippen LogP contribution in [-0.4, -0.2) is 13.1 Å². The van der Waals surface area contributed by atoms with Crippen LogP contribution in [0.2, 0.25) is 5.02 Å². The minimum atomic E-state index is -0.374. The monoisotopic (exact) mass is 262 g/mol. The maximum absolute atomic E-state index is 11.2. The second-order valence-electron chi connectivity index (χ2n) is 2.55. The van der Waals surface area contributed by atoms with E-state index >= 15 is 0 Å². The van der Waals surface area contributed by atoms with E-state index < -0.39 is 0 Å². The van der Waals surface area contributed by atoms with E-state index in [1.807, 2.05) is 6.92 Å². The van der Waals surface area contributed by atoms with Crippen LogP contribution in [0.4, 0.5) is 0 Å². The first kappa shape index (κ1) is 10.5. The smallest absolute Gasteiger partial charge is 0.338 e. The predicted octanol–water partition coefficient (Wildman–Crippen LogP) is 3.20. The Bertz CT molecular complexity index is 350. The van der Waals surface area contributed by atoms with Crippen LogP contribution < -0.4 is 0 Å². The van der Waals surface area contributed by atoms with Gasteiger partial charge in [0.2, 0.25) is 0 Å². The lowest BCUT2D eigenvalue weighted by molar-refractivity contribution is 0.0600. The molecule has 13 heavy (non-hydrogen) atoms. The molecule has 1 rings (SSSR count). The molecule has 0 aliphatic heterocycles.